The number of aryl methyl sites for hydroxylation is 1. The Balaban J connectivity index is 1.25. The van der Waals surface area contributed by atoms with Crippen molar-refractivity contribution in [2.45, 2.75) is 37.1 Å². The fourth-order valence-electron chi connectivity index (χ4n) is 5.63. The molecule has 1 aliphatic rings. The SMILES string of the molecule is COc1ccc(C2=NN(C(=O)CSc3nnc(CNC(=O)c4ccco4)n3CCc3ccccc3)[C@H](c3cccc(OC)c3OC)C2)cc1. The minimum Gasteiger partial charge on any atom is -0.497 e. The Morgan fingerprint density at radius 2 is 1.73 bits per heavy atom. The molecule has 13 heteroatoms. The van der Waals surface area contributed by atoms with Gasteiger partial charge in [-0.1, -0.05) is 54.2 Å². The highest BCUT2D eigenvalue weighted by Gasteiger charge is 2.36. The number of benzene rings is 3. The molecule has 2 amide bonds. The lowest BCUT2D eigenvalue weighted by Crippen LogP contribution is -2.29. The van der Waals surface area contributed by atoms with Crippen molar-refractivity contribution in [1.82, 2.24) is 25.1 Å². The molecule has 252 valence electrons. The average Bonchev–Trinajstić information content (AvgIpc) is 3.93. The number of carbonyl (C=O) groups is 2. The average molecular weight is 681 g/mol. The number of hydrogen-bond acceptors (Lipinski definition) is 10. The Morgan fingerprint density at radius 3 is 2.45 bits per heavy atom. The number of carbonyl (C=O) groups excluding carboxylic acids is 2. The van der Waals surface area contributed by atoms with Crippen LogP contribution in [0.1, 0.15) is 45.5 Å². The number of thioether (sulfide) groups is 1. The van der Waals surface area contributed by atoms with Crippen LogP contribution in [0.15, 0.2) is 106 Å². The molecular formula is C36H36N6O6S. The molecule has 1 N–H and O–H groups in total. The van der Waals surface area contributed by atoms with E-state index in [-0.39, 0.29) is 29.9 Å². The van der Waals surface area contributed by atoms with Gasteiger partial charge in [0, 0.05) is 18.5 Å². The standard InChI is InChI=1S/C36H36N6O6S/c1-45-26-16-14-25(15-17-26)28-21-29(27-11-7-12-30(46-2)34(27)47-3)42(40-28)33(43)23-49-36-39-38-32(22-37-35(44)31-13-8-20-48-31)41(36)19-18-24-9-5-4-6-10-24/h4-17,20,29H,18-19,21-23H2,1-3H3,(H,37,44)/t29-/m0/s1. The first-order valence-electron chi connectivity index (χ1n) is 15.6. The van der Waals surface area contributed by atoms with Crippen molar-refractivity contribution in [3.63, 3.8) is 0 Å². The Morgan fingerprint density at radius 1 is 0.918 bits per heavy atom. The molecule has 1 atom stereocenters. The summed E-state index contributed by atoms with van der Waals surface area (Å²) in [6.07, 6.45) is 2.63. The highest BCUT2D eigenvalue weighted by molar-refractivity contribution is 7.99. The maximum atomic E-state index is 14.1. The second-order valence-electron chi connectivity index (χ2n) is 11.1. The number of hydrogen-bond donors (Lipinski definition) is 1. The van der Waals surface area contributed by atoms with E-state index < -0.39 is 6.04 Å². The minimum atomic E-state index is -0.432. The largest absolute Gasteiger partial charge is 0.497 e. The molecule has 0 saturated heterocycles. The molecule has 0 unspecified atom stereocenters. The fourth-order valence-corrected chi connectivity index (χ4v) is 6.46. The van der Waals surface area contributed by atoms with Crippen molar-refractivity contribution in [2.24, 2.45) is 5.10 Å². The normalized spacial score (nSPS) is 14.0. The van der Waals surface area contributed by atoms with Crippen LogP contribution in [0.2, 0.25) is 0 Å². The van der Waals surface area contributed by atoms with Gasteiger partial charge in [0.2, 0.25) is 0 Å². The van der Waals surface area contributed by atoms with Crippen molar-refractivity contribution >= 4 is 29.3 Å². The van der Waals surface area contributed by atoms with E-state index >= 15 is 0 Å². The van der Waals surface area contributed by atoms with Crippen molar-refractivity contribution in [3.05, 3.63) is 119 Å². The van der Waals surface area contributed by atoms with E-state index in [4.69, 9.17) is 23.7 Å². The molecule has 0 radical (unpaired) electrons. The highest BCUT2D eigenvalue weighted by atomic mass is 32.2. The van der Waals surface area contributed by atoms with Crippen LogP contribution in [-0.4, -0.2) is 64.4 Å². The van der Waals surface area contributed by atoms with Gasteiger partial charge in [-0.15, -0.1) is 10.2 Å². The third-order valence-electron chi connectivity index (χ3n) is 8.12. The van der Waals surface area contributed by atoms with Gasteiger partial charge in [0.1, 0.15) is 5.75 Å². The summed E-state index contributed by atoms with van der Waals surface area (Å²) in [5, 5.41) is 18.6. The summed E-state index contributed by atoms with van der Waals surface area (Å²) in [4.78, 5) is 26.6. The number of hydrazone groups is 1. The van der Waals surface area contributed by atoms with Gasteiger partial charge in [-0.25, -0.2) is 5.01 Å². The molecule has 49 heavy (non-hydrogen) atoms. The zero-order chi connectivity index (χ0) is 34.2. The van der Waals surface area contributed by atoms with Crippen LogP contribution < -0.4 is 19.5 Å². The summed E-state index contributed by atoms with van der Waals surface area (Å²) in [6, 6.07) is 26.1. The molecule has 3 heterocycles. The maximum absolute atomic E-state index is 14.1. The van der Waals surface area contributed by atoms with Crippen LogP contribution in [0.3, 0.4) is 0 Å². The van der Waals surface area contributed by atoms with E-state index in [2.05, 4.69) is 27.6 Å². The van der Waals surface area contributed by atoms with Gasteiger partial charge in [0.25, 0.3) is 11.8 Å². The first-order chi connectivity index (χ1) is 24.0. The van der Waals surface area contributed by atoms with E-state index in [0.29, 0.717) is 41.9 Å². The van der Waals surface area contributed by atoms with Gasteiger partial charge in [-0.05, 0) is 60.0 Å². The van der Waals surface area contributed by atoms with E-state index in [0.717, 1.165) is 28.2 Å². The summed E-state index contributed by atoms with van der Waals surface area (Å²) >= 11 is 1.27. The second kappa shape index (κ2) is 15.6. The number of ether oxygens (including phenoxy) is 3. The molecule has 3 aromatic carbocycles. The van der Waals surface area contributed by atoms with Crippen LogP contribution in [0.5, 0.6) is 17.2 Å². The van der Waals surface area contributed by atoms with Crippen LogP contribution in [0, 0.1) is 0 Å². The summed E-state index contributed by atoms with van der Waals surface area (Å²) in [6.45, 7) is 0.682. The van der Waals surface area contributed by atoms with Crippen molar-refractivity contribution in [3.8, 4) is 17.2 Å². The van der Waals surface area contributed by atoms with Crippen molar-refractivity contribution < 1.29 is 28.2 Å². The van der Waals surface area contributed by atoms with Gasteiger partial charge >= 0.3 is 0 Å². The quantitative estimate of drug-likeness (QED) is 0.150. The Hall–Kier alpha value is -5.56. The van der Waals surface area contributed by atoms with E-state index in [1.807, 2.05) is 65.2 Å². The zero-order valence-electron chi connectivity index (χ0n) is 27.4. The molecule has 1 aliphatic heterocycles. The lowest BCUT2D eigenvalue weighted by molar-refractivity contribution is -0.130. The van der Waals surface area contributed by atoms with Gasteiger partial charge in [0.05, 0.1) is 51.6 Å². The number of methoxy groups -OCH3 is 3. The molecule has 0 bridgehead atoms. The predicted octanol–water partition coefficient (Wildman–Crippen LogP) is 5.54. The lowest BCUT2D eigenvalue weighted by atomic mass is 9.97. The first kappa shape index (κ1) is 33.3. The number of amides is 2. The Labute approximate surface area is 288 Å². The van der Waals surface area contributed by atoms with Crippen molar-refractivity contribution in [1.29, 1.82) is 0 Å². The van der Waals surface area contributed by atoms with Crippen LogP contribution in [0.4, 0.5) is 0 Å². The third kappa shape index (κ3) is 7.62. The number of furan rings is 1. The monoisotopic (exact) mass is 680 g/mol. The topological polar surface area (TPSA) is 133 Å². The second-order valence-corrected chi connectivity index (χ2v) is 12.0. The Kier molecular flexibility index (Phi) is 10.6. The molecule has 12 nitrogen and oxygen atoms in total. The van der Waals surface area contributed by atoms with E-state index in [9.17, 15) is 9.59 Å². The summed E-state index contributed by atoms with van der Waals surface area (Å²) < 4.78 is 23.8. The maximum Gasteiger partial charge on any atom is 0.287 e. The predicted molar refractivity (Wildman–Crippen MR) is 184 cm³/mol. The van der Waals surface area contributed by atoms with Gasteiger partial charge < -0.3 is 28.5 Å². The summed E-state index contributed by atoms with van der Waals surface area (Å²) in [7, 11) is 4.79. The number of nitrogens with zero attached hydrogens (tertiary/aromatic N) is 5. The highest BCUT2D eigenvalue weighted by Crippen LogP contribution is 2.42. The molecule has 0 aliphatic carbocycles. The molecular weight excluding hydrogens is 644 g/mol. The minimum absolute atomic E-state index is 0.0460. The van der Waals surface area contributed by atoms with Crippen LogP contribution in [0.25, 0.3) is 0 Å². The molecule has 0 spiro atoms. The van der Waals surface area contributed by atoms with Gasteiger partial charge in [-0.3, -0.25) is 9.59 Å². The molecule has 6 rings (SSSR count). The van der Waals surface area contributed by atoms with Gasteiger partial charge in [0.15, 0.2) is 28.2 Å². The fraction of sp³-hybridized carbons (Fsp3) is 0.250. The molecule has 2 aromatic heterocycles. The number of nitrogens with one attached hydrogen (secondary N) is 1. The number of aromatic nitrogens is 3. The van der Waals surface area contributed by atoms with Crippen LogP contribution >= 0.6 is 11.8 Å². The van der Waals surface area contributed by atoms with Crippen molar-refractivity contribution in [2.75, 3.05) is 27.1 Å². The Bertz CT molecular complexity index is 1910. The summed E-state index contributed by atoms with van der Waals surface area (Å²) in [5.41, 5.74) is 3.57. The molecule has 0 saturated carbocycles. The van der Waals surface area contributed by atoms with Gasteiger partial charge in [-0.2, -0.15) is 5.10 Å². The first-order valence-corrected chi connectivity index (χ1v) is 16.6. The zero-order valence-corrected chi connectivity index (χ0v) is 28.2. The number of rotatable bonds is 14. The van der Waals surface area contributed by atoms with E-state index in [1.165, 1.54) is 23.0 Å². The third-order valence-corrected chi connectivity index (χ3v) is 9.07. The van der Waals surface area contributed by atoms with Crippen LogP contribution in [-0.2, 0) is 24.3 Å². The molecule has 5 aromatic rings. The molecule has 0 fully saturated rings. The lowest BCUT2D eigenvalue weighted by Gasteiger charge is -2.24. The smallest absolute Gasteiger partial charge is 0.287 e. The number of para-hydroxylation sites is 1. The van der Waals surface area contributed by atoms with E-state index in [1.54, 1.807) is 33.5 Å². The summed E-state index contributed by atoms with van der Waals surface area (Å²) in [5.74, 6) is 2.09.